The third-order valence-electron chi connectivity index (χ3n) is 3.30. The van der Waals surface area contributed by atoms with Gasteiger partial charge < -0.3 is 14.6 Å². The molecular weight excluding hydrogens is 331 g/mol. The normalized spacial score (nSPS) is 10.8. The molecule has 6 nitrogen and oxygen atoms in total. The van der Waals surface area contributed by atoms with Gasteiger partial charge in [-0.05, 0) is 37.0 Å². The van der Waals surface area contributed by atoms with Crippen LogP contribution in [0.2, 0.25) is 0 Å². The van der Waals surface area contributed by atoms with Gasteiger partial charge in [-0.25, -0.2) is 0 Å². The van der Waals surface area contributed by atoms with E-state index in [0.29, 0.717) is 6.42 Å². The van der Waals surface area contributed by atoms with Gasteiger partial charge in [0.2, 0.25) is 0 Å². The molecule has 0 aliphatic rings. The molecule has 0 aliphatic heterocycles. The summed E-state index contributed by atoms with van der Waals surface area (Å²) in [4.78, 5) is 9.92. The van der Waals surface area contributed by atoms with E-state index in [1.165, 1.54) is 12.1 Å². The molecule has 1 aromatic carbocycles. The van der Waals surface area contributed by atoms with Crippen LogP contribution in [-0.2, 0) is 21.3 Å². The van der Waals surface area contributed by atoms with Gasteiger partial charge in [-0.1, -0.05) is 37.8 Å². The molecule has 23 heavy (non-hydrogen) atoms. The monoisotopic (exact) mass is 352 g/mol. The fourth-order valence-electron chi connectivity index (χ4n) is 2.12. The Kier molecular flexibility index (Phi) is 11.6. The minimum absolute atomic E-state index is 0. The third-order valence-corrected chi connectivity index (χ3v) is 4.17. The largest absolute Gasteiger partial charge is 1.00 e. The van der Waals surface area contributed by atoms with Gasteiger partial charge in [0.05, 0.1) is 4.90 Å². The molecule has 0 unspecified atom stereocenters. The van der Waals surface area contributed by atoms with Crippen LogP contribution in [0.25, 0.3) is 0 Å². The first-order valence-electron chi connectivity index (χ1n) is 7.30. The molecule has 0 aromatic heterocycles. The van der Waals surface area contributed by atoms with Crippen molar-refractivity contribution in [3.63, 3.8) is 0 Å². The smallest absolute Gasteiger partial charge is 0.550 e. The summed E-state index contributed by atoms with van der Waals surface area (Å²) in [5, 5.41) is 10.0. The summed E-state index contributed by atoms with van der Waals surface area (Å²) in [5.74, 6) is 0. The Bertz CT molecular complexity index is 556. The molecule has 0 fully saturated rings. The Labute approximate surface area is 159 Å². The van der Waals surface area contributed by atoms with E-state index in [1.807, 2.05) is 0 Å². The van der Waals surface area contributed by atoms with E-state index in [4.69, 9.17) is 4.55 Å². The van der Waals surface area contributed by atoms with Crippen molar-refractivity contribution in [2.45, 2.75) is 49.8 Å². The number of carboxylic acid groups (broad SMARTS) is 1. The molecule has 0 saturated heterocycles. The molecular formula is C15H21NaO6S. The first-order chi connectivity index (χ1) is 10.4. The number of rotatable bonds is 10. The molecule has 0 atom stereocenters. The molecule has 0 radical (unpaired) electrons. The molecule has 1 aromatic rings. The molecule has 0 amide bonds. The van der Waals surface area contributed by atoms with E-state index in [0.717, 1.165) is 44.1 Å². The number of aryl methyl sites for hydroxylation is 1. The van der Waals surface area contributed by atoms with Gasteiger partial charge in [-0.2, -0.15) is 8.42 Å². The van der Waals surface area contributed by atoms with E-state index in [1.54, 1.807) is 12.1 Å². The first-order valence-corrected chi connectivity index (χ1v) is 8.74. The van der Waals surface area contributed by atoms with Crippen molar-refractivity contribution >= 4 is 16.3 Å². The van der Waals surface area contributed by atoms with E-state index in [9.17, 15) is 18.3 Å². The SMILES string of the molecule is O=C([O-])OCCCCCCCCc1ccc(S(=O)(=O)O)cc1.[Na+]. The number of carbonyl (C=O) groups excluding carboxylic acids is 1. The van der Waals surface area contributed by atoms with Crippen molar-refractivity contribution in [2.75, 3.05) is 6.61 Å². The Morgan fingerprint density at radius 3 is 2.04 bits per heavy atom. The Morgan fingerprint density at radius 2 is 1.52 bits per heavy atom. The van der Waals surface area contributed by atoms with Gasteiger partial charge in [0.1, 0.15) is 0 Å². The molecule has 0 heterocycles. The molecule has 0 spiro atoms. The van der Waals surface area contributed by atoms with Crippen molar-refractivity contribution < 1.29 is 57.2 Å². The molecule has 8 heteroatoms. The van der Waals surface area contributed by atoms with E-state index in [-0.39, 0.29) is 41.1 Å². The van der Waals surface area contributed by atoms with Crippen molar-refractivity contribution in [1.29, 1.82) is 0 Å². The van der Waals surface area contributed by atoms with Crippen LogP contribution in [0.4, 0.5) is 4.79 Å². The second-order valence-electron chi connectivity index (χ2n) is 5.09. The van der Waals surface area contributed by atoms with Gasteiger partial charge in [-0.15, -0.1) is 0 Å². The number of carbonyl (C=O) groups is 1. The predicted octanol–water partition coefficient (Wildman–Crippen LogP) is -0.820. The minimum atomic E-state index is -4.12. The number of hydrogen-bond donors (Lipinski definition) is 1. The average Bonchev–Trinajstić information content (AvgIpc) is 2.45. The van der Waals surface area contributed by atoms with Crippen LogP contribution in [0.3, 0.4) is 0 Å². The maximum Gasteiger partial charge on any atom is 1.00 e. The molecule has 0 saturated carbocycles. The third kappa shape index (κ3) is 10.7. The topological polar surface area (TPSA) is 104 Å². The molecule has 1 rings (SSSR count). The molecule has 0 aliphatic carbocycles. The summed E-state index contributed by atoms with van der Waals surface area (Å²) in [7, 11) is -4.12. The summed E-state index contributed by atoms with van der Waals surface area (Å²) < 4.78 is 35.0. The van der Waals surface area contributed by atoms with Crippen molar-refractivity contribution in [3.05, 3.63) is 29.8 Å². The second-order valence-corrected chi connectivity index (χ2v) is 6.51. The van der Waals surface area contributed by atoms with Crippen LogP contribution in [0.5, 0.6) is 0 Å². The van der Waals surface area contributed by atoms with Crippen LogP contribution >= 0.6 is 0 Å². The number of unbranched alkanes of at least 4 members (excludes halogenated alkanes) is 5. The van der Waals surface area contributed by atoms with E-state index < -0.39 is 16.3 Å². The minimum Gasteiger partial charge on any atom is -0.550 e. The fourth-order valence-corrected chi connectivity index (χ4v) is 2.60. The Balaban J connectivity index is 0.00000484. The number of ether oxygens (including phenoxy) is 1. The zero-order chi connectivity index (χ0) is 16.4. The molecule has 0 bridgehead atoms. The predicted molar refractivity (Wildman–Crippen MR) is 79.0 cm³/mol. The van der Waals surface area contributed by atoms with Crippen LogP contribution in [0, 0.1) is 0 Å². The molecule has 1 N–H and O–H groups in total. The fraction of sp³-hybridized carbons (Fsp3) is 0.533. The van der Waals surface area contributed by atoms with Crippen molar-refractivity contribution in [3.8, 4) is 0 Å². The van der Waals surface area contributed by atoms with Gasteiger partial charge in [0.25, 0.3) is 16.3 Å². The van der Waals surface area contributed by atoms with Crippen LogP contribution in [0.1, 0.15) is 44.1 Å². The quantitative estimate of drug-likeness (QED) is 0.255. The Hall–Kier alpha value is -0.600. The number of benzene rings is 1. The van der Waals surface area contributed by atoms with E-state index >= 15 is 0 Å². The standard InChI is InChI=1S/C15H22O6S.Na/c16-15(17)21-12-6-4-2-1-3-5-7-13-8-10-14(11-9-13)22(18,19)20;/h8-11H,1-7,12H2,(H,16,17)(H,18,19,20);/q;+1/p-1. The summed E-state index contributed by atoms with van der Waals surface area (Å²) in [5.41, 5.74) is 1.04. The van der Waals surface area contributed by atoms with Crippen LogP contribution in [-0.4, -0.2) is 25.7 Å². The number of hydrogen-bond acceptors (Lipinski definition) is 5. The zero-order valence-electron chi connectivity index (χ0n) is 13.4. The summed E-state index contributed by atoms with van der Waals surface area (Å²) >= 11 is 0. The zero-order valence-corrected chi connectivity index (χ0v) is 16.2. The van der Waals surface area contributed by atoms with Gasteiger partial charge in [0, 0.05) is 6.61 Å². The Morgan fingerprint density at radius 1 is 1.00 bits per heavy atom. The summed E-state index contributed by atoms with van der Waals surface area (Å²) in [6.07, 6.45) is 5.18. The van der Waals surface area contributed by atoms with Crippen LogP contribution < -0.4 is 34.7 Å². The maximum absolute atomic E-state index is 10.9. The second kappa shape index (κ2) is 11.9. The van der Waals surface area contributed by atoms with E-state index in [2.05, 4.69) is 4.74 Å². The van der Waals surface area contributed by atoms with Gasteiger partial charge in [-0.3, -0.25) is 4.55 Å². The summed E-state index contributed by atoms with van der Waals surface area (Å²) in [6.45, 7) is 0.197. The van der Waals surface area contributed by atoms with Crippen molar-refractivity contribution in [1.82, 2.24) is 0 Å². The maximum atomic E-state index is 10.9. The molecule has 124 valence electrons. The first kappa shape index (κ1) is 22.4. The van der Waals surface area contributed by atoms with Gasteiger partial charge in [0.15, 0.2) is 0 Å². The van der Waals surface area contributed by atoms with Crippen LogP contribution in [0.15, 0.2) is 29.2 Å². The van der Waals surface area contributed by atoms with Crippen molar-refractivity contribution in [2.24, 2.45) is 0 Å². The van der Waals surface area contributed by atoms with Gasteiger partial charge >= 0.3 is 29.6 Å². The summed E-state index contributed by atoms with van der Waals surface area (Å²) in [6, 6.07) is 6.23. The average molecular weight is 352 g/mol.